The van der Waals surface area contributed by atoms with E-state index in [9.17, 15) is 36.2 Å². The van der Waals surface area contributed by atoms with Crippen molar-refractivity contribution in [2.75, 3.05) is 18.0 Å². The van der Waals surface area contributed by atoms with Crippen molar-refractivity contribution in [2.45, 2.75) is 44.0 Å². The normalized spacial score (nSPS) is 16.8. The summed E-state index contributed by atoms with van der Waals surface area (Å²) < 4.78 is 87.9. The van der Waals surface area contributed by atoms with Crippen molar-refractivity contribution in [1.82, 2.24) is 15.1 Å². The van der Waals surface area contributed by atoms with Gasteiger partial charge < -0.3 is 14.5 Å². The monoisotopic (exact) mass is 602 g/mol. The van der Waals surface area contributed by atoms with Crippen LogP contribution in [0, 0.1) is 5.92 Å². The molecular weight excluding hydrogens is 578 g/mol. The topological polar surface area (TPSA) is 92.3 Å². The van der Waals surface area contributed by atoms with E-state index in [1.165, 1.54) is 24.3 Å². The quantitative estimate of drug-likeness (QED) is 0.225. The van der Waals surface area contributed by atoms with Gasteiger partial charge in [-0.3, -0.25) is 4.98 Å². The highest BCUT2D eigenvalue weighted by Crippen LogP contribution is 2.46. The molecule has 1 aromatic carbocycles. The van der Waals surface area contributed by atoms with Crippen LogP contribution in [-0.4, -0.2) is 39.3 Å². The van der Waals surface area contributed by atoms with E-state index in [0.717, 1.165) is 19.0 Å². The average molecular weight is 603 g/mol. The predicted octanol–water partition coefficient (Wildman–Crippen LogP) is 7.83. The third-order valence-electron chi connectivity index (χ3n) is 7.79. The standard InChI is InChI=1S/C30H24F6N4O3/c31-29(32,33)22-15-24(28(41)42)38-23-8-6-18(14-21(22)23)40-12-9-16(10-13-40)3-7-19-25(39-43-26(19)17-4-5-17)20-2-1-11-37-27(20)30(34,35)36/h1-3,6-8,11,14-17H,4-5,9-10,12-13H2,(H,41,42)/b7-3+. The molecule has 4 heterocycles. The second-order valence-electron chi connectivity index (χ2n) is 10.7. The van der Waals surface area contributed by atoms with Crippen LogP contribution < -0.4 is 4.90 Å². The van der Waals surface area contributed by atoms with Crippen molar-refractivity contribution >= 4 is 28.6 Å². The zero-order valence-corrected chi connectivity index (χ0v) is 22.4. The van der Waals surface area contributed by atoms with Crippen molar-refractivity contribution in [3.05, 3.63) is 76.9 Å². The Morgan fingerprint density at radius 1 is 1.00 bits per heavy atom. The van der Waals surface area contributed by atoms with Gasteiger partial charge in [-0.05, 0) is 68.0 Å². The number of anilines is 1. The summed E-state index contributed by atoms with van der Waals surface area (Å²) in [5.41, 5.74) is -1.84. The van der Waals surface area contributed by atoms with Gasteiger partial charge in [0.2, 0.25) is 0 Å². The lowest BCUT2D eigenvalue weighted by Crippen LogP contribution is -2.33. The molecule has 2 fully saturated rings. The molecule has 0 radical (unpaired) electrons. The van der Waals surface area contributed by atoms with E-state index in [2.05, 4.69) is 15.1 Å². The highest BCUT2D eigenvalue weighted by atomic mass is 19.4. The Hall–Kier alpha value is -4.42. The first-order valence-electron chi connectivity index (χ1n) is 13.6. The molecule has 1 N–H and O–H groups in total. The second kappa shape index (κ2) is 10.7. The van der Waals surface area contributed by atoms with E-state index in [1.54, 1.807) is 12.1 Å². The number of aromatic carboxylic acids is 1. The van der Waals surface area contributed by atoms with E-state index in [1.807, 2.05) is 11.0 Å². The Balaban J connectivity index is 1.23. The third-order valence-corrected chi connectivity index (χ3v) is 7.79. The number of carboxylic acids is 1. The van der Waals surface area contributed by atoms with Crippen LogP contribution in [0.2, 0.25) is 0 Å². The number of hydrogen-bond donors (Lipinski definition) is 1. The Morgan fingerprint density at radius 2 is 1.74 bits per heavy atom. The number of carboxylic acid groups (broad SMARTS) is 1. The van der Waals surface area contributed by atoms with Gasteiger partial charge in [-0.25, -0.2) is 9.78 Å². The van der Waals surface area contributed by atoms with Gasteiger partial charge in [-0.2, -0.15) is 26.3 Å². The van der Waals surface area contributed by atoms with E-state index >= 15 is 0 Å². The molecule has 4 aromatic rings. The van der Waals surface area contributed by atoms with Crippen molar-refractivity contribution in [1.29, 1.82) is 0 Å². The molecule has 1 aliphatic carbocycles. The second-order valence-corrected chi connectivity index (χ2v) is 10.7. The SMILES string of the molecule is O=C(O)c1cc(C(F)(F)F)c2cc(N3CCC(/C=C/c4c(-c5cccnc5C(F)(F)F)noc4C4CC4)CC3)ccc2n1. The molecule has 3 aromatic heterocycles. The van der Waals surface area contributed by atoms with Gasteiger partial charge in [0.25, 0.3) is 0 Å². The lowest BCUT2D eigenvalue weighted by Gasteiger charge is -2.32. The molecule has 224 valence electrons. The molecule has 0 bridgehead atoms. The number of allylic oxidation sites excluding steroid dienone is 1. The maximum atomic E-state index is 13.8. The zero-order chi connectivity index (χ0) is 30.5. The van der Waals surface area contributed by atoms with Crippen molar-refractivity contribution in [3.63, 3.8) is 0 Å². The Morgan fingerprint density at radius 3 is 2.40 bits per heavy atom. The molecule has 43 heavy (non-hydrogen) atoms. The number of carbonyl (C=O) groups is 1. The van der Waals surface area contributed by atoms with E-state index in [-0.39, 0.29) is 34.0 Å². The molecule has 0 spiro atoms. The van der Waals surface area contributed by atoms with Crippen LogP contribution in [0.5, 0.6) is 0 Å². The summed E-state index contributed by atoms with van der Waals surface area (Å²) in [6, 6.07) is 7.68. The Kier molecular flexibility index (Phi) is 7.13. The molecule has 6 rings (SSSR count). The lowest BCUT2D eigenvalue weighted by molar-refractivity contribution is -0.140. The van der Waals surface area contributed by atoms with Crippen LogP contribution in [0.4, 0.5) is 32.0 Å². The summed E-state index contributed by atoms with van der Waals surface area (Å²) in [6.45, 7) is 1.05. The zero-order valence-electron chi connectivity index (χ0n) is 22.4. The van der Waals surface area contributed by atoms with E-state index in [4.69, 9.17) is 4.52 Å². The first-order valence-corrected chi connectivity index (χ1v) is 13.6. The minimum Gasteiger partial charge on any atom is -0.477 e. The molecule has 1 aliphatic heterocycles. The molecule has 13 heteroatoms. The number of hydrogen-bond acceptors (Lipinski definition) is 6. The summed E-state index contributed by atoms with van der Waals surface area (Å²) in [7, 11) is 0. The summed E-state index contributed by atoms with van der Waals surface area (Å²) in [5, 5.41) is 13.0. The molecule has 0 unspecified atom stereocenters. The van der Waals surface area contributed by atoms with Gasteiger partial charge in [0.15, 0.2) is 5.69 Å². The van der Waals surface area contributed by atoms with Crippen LogP contribution >= 0.6 is 0 Å². The highest BCUT2D eigenvalue weighted by Gasteiger charge is 2.39. The summed E-state index contributed by atoms with van der Waals surface area (Å²) in [6.07, 6.45) is -1.62. The first kappa shape index (κ1) is 28.7. The molecule has 2 aliphatic rings. The minimum absolute atomic E-state index is 0.0629. The van der Waals surface area contributed by atoms with Crippen LogP contribution in [0.25, 0.3) is 28.2 Å². The molecule has 0 atom stereocenters. The predicted molar refractivity (Wildman–Crippen MR) is 144 cm³/mol. The van der Waals surface area contributed by atoms with Gasteiger partial charge in [0, 0.05) is 47.4 Å². The maximum Gasteiger partial charge on any atom is 0.434 e. The number of halogens is 6. The fourth-order valence-corrected chi connectivity index (χ4v) is 5.46. The van der Waals surface area contributed by atoms with Crippen molar-refractivity contribution < 1.29 is 40.8 Å². The number of nitrogens with zero attached hydrogens (tertiary/aromatic N) is 4. The van der Waals surface area contributed by atoms with Gasteiger partial charge >= 0.3 is 18.3 Å². The maximum absolute atomic E-state index is 13.8. The number of aromatic nitrogens is 3. The number of piperidine rings is 1. The summed E-state index contributed by atoms with van der Waals surface area (Å²) >= 11 is 0. The molecular formula is C30H24F6N4O3. The minimum atomic E-state index is -4.77. The molecule has 0 amide bonds. The lowest BCUT2D eigenvalue weighted by atomic mass is 9.94. The molecule has 1 saturated carbocycles. The average Bonchev–Trinajstić information content (AvgIpc) is 3.73. The van der Waals surface area contributed by atoms with E-state index in [0.29, 0.717) is 49.0 Å². The number of benzene rings is 1. The van der Waals surface area contributed by atoms with Gasteiger partial charge in [-0.15, -0.1) is 0 Å². The first-order chi connectivity index (χ1) is 20.4. The third kappa shape index (κ3) is 5.80. The van der Waals surface area contributed by atoms with E-state index < -0.39 is 35.3 Å². The fraction of sp³-hybridized carbons (Fsp3) is 0.333. The van der Waals surface area contributed by atoms with Crippen molar-refractivity contribution in [2.24, 2.45) is 5.92 Å². The van der Waals surface area contributed by atoms with Crippen LogP contribution in [-0.2, 0) is 12.4 Å². The number of pyridine rings is 2. The van der Waals surface area contributed by atoms with Crippen molar-refractivity contribution in [3.8, 4) is 11.3 Å². The fourth-order valence-electron chi connectivity index (χ4n) is 5.46. The van der Waals surface area contributed by atoms with Crippen LogP contribution in [0.15, 0.2) is 53.2 Å². The van der Waals surface area contributed by atoms with Gasteiger partial charge in [0.1, 0.15) is 17.1 Å². The van der Waals surface area contributed by atoms with Gasteiger partial charge in [-0.1, -0.05) is 17.3 Å². The Labute approximate surface area is 240 Å². The Bertz CT molecular complexity index is 1720. The molecule has 7 nitrogen and oxygen atoms in total. The number of alkyl halides is 6. The van der Waals surface area contributed by atoms with Crippen LogP contribution in [0.3, 0.4) is 0 Å². The molecule has 1 saturated heterocycles. The number of fused-ring (bicyclic) bond motifs is 1. The smallest absolute Gasteiger partial charge is 0.434 e. The largest absolute Gasteiger partial charge is 0.477 e. The summed E-state index contributed by atoms with van der Waals surface area (Å²) in [5.74, 6) is -0.829. The number of rotatable bonds is 6. The van der Waals surface area contributed by atoms with Crippen LogP contribution in [0.1, 0.15) is 64.7 Å². The van der Waals surface area contributed by atoms with Gasteiger partial charge in [0.05, 0.1) is 11.1 Å². The summed E-state index contributed by atoms with van der Waals surface area (Å²) in [4.78, 5) is 20.6. The highest BCUT2D eigenvalue weighted by molar-refractivity contribution is 5.93.